The van der Waals surface area contributed by atoms with E-state index in [1.54, 1.807) is 6.20 Å². The van der Waals surface area contributed by atoms with Gasteiger partial charge in [0.15, 0.2) is 0 Å². The van der Waals surface area contributed by atoms with Gasteiger partial charge in [-0.3, -0.25) is 4.98 Å². The summed E-state index contributed by atoms with van der Waals surface area (Å²) in [4.78, 5) is 6.50. The van der Waals surface area contributed by atoms with Crippen molar-refractivity contribution in [1.82, 2.24) is 4.98 Å². The van der Waals surface area contributed by atoms with E-state index >= 15 is 0 Å². The van der Waals surface area contributed by atoms with E-state index in [-0.39, 0.29) is 0 Å². The molecule has 2 rings (SSSR count). The van der Waals surface area contributed by atoms with E-state index in [9.17, 15) is 0 Å². The topological polar surface area (TPSA) is 42.2 Å². The molecule has 14 heavy (non-hydrogen) atoms. The van der Waals surface area contributed by atoms with Crippen molar-refractivity contribution in [2.45, 2.75) is 26.3 Å². The molecule has 2 N–H and O–H groups in total. The fourth-order valence-electron chi connectivity index (χ4n) is 2.26. The van der Waals surface area contributed by atoms with E-state index in [1.807, 2.05) is 12.3 Å². The van der Waals surface area contributed by atoms with Gasteiger partial charge in [0, 0.05) is 18.8 Å². The van der Waals surface area contributed by atoms with Gasteiger partial charge in [0.1, 0.15) is 0 Å². The highest BCUT2D eigenvalue weighted by Crippen LogP contribution is 2.28. The third-order valence-electron chi connectivity index (χ3n) is 2.86. The molecule has 0 bridgehead atoms. The van der Waals surface area contributed by atoms with Crippen molar-refractivity contribution in [2.24, 2.45) is 5.92 Å². The Morgan fingerprint density at radius 1 is 1.43 bits per heavy atom. The molecule has 1 aromatic rings. The first-order chi connectivity index (χ1) is 6.66. The van der Waals surface area contributed by atoms with Crippen LogP contribution in [0, 0.1) is 5.92 Å². The maximum Gasteiger partial charge on any atom is 0.0575 e. The molecular formula is C11H17N3. The van der Waals surface area contributed by atoms with Crippen molar-refractivity contribution in [3.63, 3.8) is 0 Å². The van der Waals surface area contributed by atoms with Crippen molar-refractivity contribution in [1.29, 1.82) is 0 Å². The van der Waals surface area contributed by atoms with Crippen LogP contribution < -0.4 is 10.6 Å². The Morgan fingerprint density at radius 2 is 2.21 bits per heavy atom. The summed E-state index contributed by atoms with van der Waals surface area (Å²) >= 11 is 0. The van der Waals surface area contributed by atoms with Crippen LogP contribution in [-0.4, -0.2) is 17.6 Å². The lowest BCUT2D eigenvalue weighted by molar-refractivity contribution is 0.625. The minimum absolute atomic E-state index is 0.605. The van der Waals surface area contributed by atoms with Crippen LogP contribution in [-0.2, 0) is 0 Å². The van der Waals surface area contributed by atoms with Crippen molar-refractivity contribution in [2.75, 3.05) is 17.2 Å². The molecule has 0 radical (unpaired) electrons. The molecular weight excluding hydrogens is 174 g/mol. The van der Waals surface area contributed by atoms with Gasteiger partial charge >= 0.3 is 0 Å². The number of nitrogens with zero attached hydrogens (tertiary/aromatic N) is 2. The van der Waals surface area contributed by atoms with E-state index in [1.165, 1.54) is 6.42 Å². The van der Waals surface area contributed by atoms with Gasteiger partial charge in [-0.05, 0) is 25.3 Å². The van der Waals surface area contributed by atoms with E-state index in [4.69, 9.17) is 5.73 Å². The lowest BCUT2D eigenvalue weighted by atomic mass is 10.1. The summed E-state index contributed by atoms with van der Waals surface area (Å²) in [6.07, 6.45) is 4.84. The Balaban J connectivity index is 2.23. The van der Waals surface area contributed by atoms with Crippen LogP contribution in [0.3, 0.4) is 0 Å². The zero-order valence-corrected chi connectivity index (χ0v) is 8.77. The summed E-state index contributed by atoms with van der Waals surface area (Å²) in [5.74, 6) is 0.770. The maximum absolute atomic E-state index is 5.72. The Kier molecular flexibility index (Phi) is 2.32. The number of nitrogen functional groups attached to an aromatic ring is 1. The number of rotatable bonds is 1. The molecule has 3 heteroatoms. The van der Waals surface area contributed by atoms with Crippen LogP contribution in [0.25, 0.3) is 0 Å². The normalized spacial score (nSPS) is 26.9. The molecule has 2 heterocycles. The summed E-state index contributed by atoms with van der Waals surface area (Å²) in [5.41, 5.74) is 7.62. The molecule has 0 spiro atoms. The quantitative estimate of drug-likeness (QED) is 0.737. The molecule has 1 aliphatic heterocycles. The number of nitrogens with two attached hydrogens (primary N) is 1. The van der Waals surface area contributed by atoms with Gasteiger partial charge in [-0.25, -0.2) is 0 Å². The van der Waals surface area contributed by atoms with Gasteiger partial charge in [0.05, 0.1) is 17.6 Å². The molecule has 1 aliphatic rings. The average Bonchev–Trinajstić information content (AvgIpc) is 2.45. The highest BCUT2D eigenvalue weighted by Gasteiger charge is 2.26. The minimum Gasteiger partial charge on any atom is -0.397 e. The van der Waals surface area contributed by atoms with Crippen LogP contribution in [0.5, 0.6) is 0 Å². The van der Waals surface area contributed by atoms with E-state index in [0.717, 1.165) is 23.8 Å². The van der Waals surface area contributed by atoms with Gasteiger partial charge in [-0.1, -0.05) is 6.92 Å². The van der Waals surface area contributed by atoms with Crippen LogP contribution in [0.2, 0.25) is 0 Å². The molecule has 0 aromatic carbocycles. The molecule has 0 saturated carbocycles. The Labute approximate surface area is 84.9 Å². The zero-order valence-electron chi connectivity index (χ0n) is 8.77. The van der Waals surface area contributed by atoms with Crippen LogP contribution in [0.4, 0.5) is 11.4 Å². The highest BCUT2D eigenvalue weighted by molar-refractivity contribution is 5.54. The van der Waals surface area contributed by atoms with Gasteiger partial charge < -0.3 is 10.6 Å². The summed E-state index contributed by atoms with van der Waals surface area (Å²) in [5, 5.41) is 0. The summed E-state index contributed by atoms with van der Waals surface area (Å²) in [6, 6.07) is 2.61. The molecule has 1 fully saturated rings. The average molecular weight is 191 g/mol. The third-order valence-corrected chi connectivity index (χ3v) is 2.86. The fourth-order valence-corrected chi connectivity index (χ4v) is 2.26. The number of hydrogen-bond acceptors (Lipinski definition) is 3. The molecule has 1 saturated heterocycles. The van der Waals surface area contributed by atoms with E-state index < -0.39 is 0 Å². The van der Waals surface area contributed by atoms with Gasteiger partial charge in [-0.2, -0.15) is 0 Å². The second-order valence-electron chi connectivity index (χ2n) is 4.32. The monoisotopic (exact) mass is 191 g/mol. The van der Waals surface area contributed by atoms with E-state index in [2.05, 4.69) is 23.7 Å². The first kappa shape index (κ1) is 9.31. The van der Waals surface area contributed by atoms with Gasteiger partial charge in [0.25, 0.3) is 0 Å². The molecule has 0 amide bonds. The zero-order chi connectivity index (χ0) is 10.1. The Bertz CT molecular complexity index is 324. The predicted molar refractivity (Wildman–Crippen MR) is 59.2 cm³/mol. The van der Waals surface area contributed by atoms with Crippen molar-refractivity contribution >= 4 is 11.4 Å². The first-order valence-corrected chi connectivity index (χ1v) is 5.14. The summed E-state index contributed by atoms with van der Waals surface area (Å²) in [7, 11) is 0. The molecule has 1 aromatic heterocycles. The molecule has 2 atom stereocenters. The van der Waals surface area contributed by atoms with E-state index in [0.29, 0.717) is 6.04 Å². The third kappa shape index (κ3) is 1.67. The molecule has 3 nitrogen and oxygen atoms in total. The lowest BCUT2D eigenvalue weighted by Crippen LogP contribution is -2.26. The minimum atomic E-state index is 0.605. The highest BCUT2D eigenvalue weighted by atomic mass is 15.2. The second kappa shape index (κ2) is 3.48. The second-order valence-corrected chi connectivity index (χ2v) is 4.32. The van der Waals surface area contributed by atoms with Gasteiger partial charge in [-0.15, -0.1) is 0 Å². The number of aromatic nitrogens is 1. The van der Waals surface area contributed by atoms with Crippen LogP contribution in [0.15, 0.2) is 18.5 Å². The largest absolute Gasteiger partial charge is 0.397 e. The maximum atomic E-state index is 5.72. The Hall–Kier alpha value is -1.25. The summed E-state index contributed by atoms with van der Waals surface area (Å²) < 4.78 is 0. The predicted octanol–water partition coefficient (Wildman–Crippen LogP) is 1.90. The first-order valence-electron chi connectivity index (χ1n) is 5.14. The smallest absolute Gasteiger partial charge is 0.0575 e. The van der Waals surface area contributed by atoms with Crippen LogP contribution >= 0.6 is 0 Å². The van der Waals surface area contributed by atoms with Crippen molar-refractivity contribution in [3.05, 3.63) is 18.5 Å². The van der Waals surface area contributed by atoms with Crippen molar-refractivity contribution in [3.8, 4) is 0 Å². The standard InChI is InChI=1S/C11H17N3/c1-8-3-9(2)14(7-8)11-4-10(12)5-13-6-11/h4-6,8-9H,3,7,12H2,1-2H3. The Morgan fingerprint density at radius 3 is 2.79 bits per heavy atom. The fraction of sp³-hybridized carbons (Fsp3) is 0.545. The lowest BCUT2D eigenvalue weighted by Gasteiger charge is -2.23. The van der Waals surface area contributed by atoms with Crippen molar-refractivity contribution < 1.29 is 0 Å². The van der Waals surface area contributed by atoms with Gasteiger partial charge in [0.2, 0.25) is 0 Å². The molecule has 0 aliphatic carbocycles. The number of pyridine rings is 1. The summed E-state index contributed by atoms with van der Waals surface area (Å²) in [6.45, 7) is 5.66. The SMILES string of the molecule is CC1CC(C)N(c2cncc(N)c2)C1. The number of hydrogen-bond donors (Lipinski definition) is 1. The molecule has 76 valence electrons. The molecule has 2 unspecified atom stereocenters. The number of anilines is 2. The van der Waals surface area contributed by atoms with Crippen LogP contribution in [0.1, 0.15) is 20.3 Å².